The monoisotopic (exact) mass is 253 g/mol. The van der Waals surface area contributed by atoms with E-state index in [0.717, 1.165) is 5.41 Å². The zero-order valence-electron chi connectivity index (χ0n) is 7.34. The van der Waals surface area contributed by atoms with Gasteiger partial charge in [-0.25, -0.2) is 0 Å². The summed E-state index contributed by atoms with van der Waals surface area (Å²) in [5.41, 5.74) is 0. The van der Waals surface area contributed by atoms with Crippen molar-refractivity contribution in [3.05, 3.63) is 24.1 Å². The van der Waals surface area contributed by atoms with Gasteiger partial charge in [0.2, 0.25) is 0 Å². The van der Waals surface area contributed by atoms with Gasteiger partial charge in [0, 0.05) is 12.3 Å². The van der Waals surface area contributed by atoms with Crippen LogP contribution in [0.4, 0.5) is 0 Å². The Balaban J connectivity index is 3.69. The molecule has 0 fully saturated rings. The summed E-state index contributed by atoms with van der Waals surface area (Å²) in [5.74, 6) is 0.392. The molecule has 0 aromatic heterocycles. The average Bonchev–Trinajstić information content (AvgIpc) is 2.07. The maximum Gasteiger partial charge on any atom is 0.287 e. The highest BCUT2D eigenvalue weighted by Crippen LogP contribution is 2.02. The minimum Gasteiger partial charge on any atom is -0.368 e. The SMILES string of the molecule is C=CCNC(=S)SC/C=C\S(=O)(=O)O. The molecule has 0 aliphatic rings. The molecule has 0 rings (SSSR count). The van der Waals surface area contributed by atoms with E-state index in [1.165, 1.54) is 17.8 Å². The van der Waals surface area contributed by atoms with E-state index in [1.54, 1.807) is 6.08 Å². The van der Waals surface area contributed by atoms with E-state index in [0.29, 0.717) is 16.6 Å². The van der Waals surface area contributed by atoms with Crippen LogP contribution in [0.15, 0.2) is 24.1 Å². The Morgan fingerprint density at radius 3 is 2.79 bits per heavy atom. The topological polar surface area (TPSA) is 66.4 Å². The van der Waals surface area contributed by atoms with Gasteiger partial charge >= 0.3 is 0 Å². The van der Waals surface area contributed by atoms with E-state index in [1.807, 2.05) is 0 Å². The van der Waals surface area contributed by atoms with Gasteiger partial charge in [0.05, 0.1) is 5.41 Å². The van der Waals surface area contributed by atoms with E-state index >= 15 is 0 Å². The Labute approximate surface area is 93.2 Å². The van der Waals surface area contributed by atoms with Crippen molar-refractivity contribution in [1.29, 1.82) is 0 Å². The summed E-state index contributed by atoms with van der Waals surface area (Å²) in [6.45, 7) is 4.08. The van der Waals surface area contributed by atoms with Crippen LogP contribution in [-0.4, -0.2) is 29.6 Å². The van der Waals surface area contributed by atoms with Gasteiger partial charge in [-0.2, -0.15) is 8.42 Å². The molecule has 0 aliphatic carbocycles. The highest BCUT2D eigenvalue weighted by molar-refractivity contribution is 8.23. The molecule has 0 aromatic rings. The van der Waals surface area contributed by atoms with Crippen LogP contribution in [0, 0.1) is 0 Å². The maximum atomic E-state index is 10.2. The molecule has 0 bridgehead atoms. The van der Waals surface area contributed by atoms with E-state index in [9.17, 15) is 8.42 Å². The summed E-state index contributed by atoms with van der Waals surface area (Å²) in [6.07, 6.45) is 2.99. The fourth-order valence-electron chi connectivity index (χ4n) is 0.491. The Bertz CT molecular complexity index is 321. The van der Waals surface area contributed by atoms with Crippen molar-refractivity contribution < 1.29 is 13.0 Å². The molecule has 4 nitrogen and oxygen atoms in total. The summed E-state index contributed by atoms with van der Waals surface area (Å²) < 4.78 is 29.4. The minimum atomic E-state index is -4.01. The Kier molecular flexibility index (Phi) is 6.81. The predicted molar refractivity (Wildman–Crippen MR) is 63.9 cm³/mol. The first-order valence-electron chi connectivity index (χ1n) is 3.61. The van der Waals surface area contributed by atoms with Crippen molar-refractivity contribution in [3.63, 3.8) is 0 Å². The number of thiocarbonyl (C=S) groups is 1. The Morgan fingerprint density at radius 2 is 2.29 bits per heavy atom. The minimum absolute atomic E-state index is 0.392. The first-order valence-corrected chi connectivity index (χ1v) is 6.51. The van der Waals surface area contributed by atoms with Crippen LogP contribution in [-0.2, 0) is 10.1 Å². The molecule has 0 atom stereocenters. The molecule has 0 heterocycles. The first-order chi connectivity index (χ1) is 6.45. The third kappa shape index (κ3) is 9.72. The van der Waals surface area contributed by atoms with E-state index in [4.69, 9.17) is 16.8 Å². The predicted octanol–water partition coefficient (Wildman–Crippen LogP) is 1.18. The number of rotatable bonds is 5. The van der Waals surface area contributed by atoms with Gasteiger partial charge in [-0.05, 0) is 0 Å². The lowest BCUT2D eigenvalue weighted by Crippen LogP contribution is -2.17. The van der Waals surface area contributed by atoms with Gasteiger partial charge < -0.3 is 5.32 Å². The van der Waals surface area contributed by atoms with Crippen LogP contribution < -0.4 is 5.32 Å². The van der Waals surface area contributed by atoms with Crippen LogP contribution in [0.1, 0.15) is 0 Å². The highest BCUT2D eigenvalue weighted by Gasteiger charge is 1.96. The molecular weight excluding hydrogens is 242 g/mol. The molecule has 80 valence electrons. The van der Waals surface area contributed by atoms with E-state index in [-0.39, 0.29) is 0 Å². The van der Waals surface area contributed by atoms with Crippen LogP contribution in [0.25, 0.3) is 0 Å². The number of nitrogens with one attached hydrogen (secondary N) is 1. The molecule has 0 amide bonds. The second-order valence-corrected chi connectivity index (χ2v) is 5.15. The molecule has 0 saturated heterocycles. The lowest BCUT2D eigenvalue weighted by atomic mass is 10.6. The standard InChI is InChI=1S/C7H11NO3S3/c1-2-4-8-7(12)13-5-3-6-14(9,10)11/h2-3,6H,1,4-5H2,(H,8,12)(H,9,10,11)/b6-3-. The van der Waals surface area contributed by atoms with Crippen molar-refractivity contribution >= 4 is 38.4 Å². The van der Waals surface area contributed by atoms with Gasteiger partial charge in [-0.3, -0.25) is 4.55 Å². The normalized spacial score (nSPS) is 11.5. The van der Waals surface area contributed by atoms with Crippen molar-refractivity contribution in [2.45, 2.75) is 0 Å². The van der Waals surface area contributed by atoms with Gasteiger partial charge in [0.1, 0.15) is 4.32 Å². The molecule has 7 heteroatoms. The molecule has 2 N–H and O–H groups in total. The number of thioether (sulfide) groups is 1. The zero-order chi connectivity index (χ0) is 11.0. The molecule has 0 aromatic carbocycles. The summed E-state index contributed by atoms with van der Waals surface area (Å²) in [6, 6.07) is 0. The molecule has 0 spiro atoms. The van der Waals surface area contributed by atoms with Gasteiger partial charge in [-0.15, -0.1) is 6.58 Å². The molecule has 0 unspecified atom stereocenters. The maximum absolute atomic E-state index is 10.2. The molecule has 0 saturated carbocycles. The Morgan fingerprint density at radius 1 is 1.64 bits per heavy atom. The number of hydrogen-bond acceptors (Lipinski definition) is 4. The summed E-state index contributed by atoms with van der Waals surface area (Å²) in [4.78, 5) is 0. The van der Waals surface area contributed by atoms with Gasteiger partial charge in [0.15, 0.2) is 0 Å². The lowest BCUT2D eigenvalue weighted by molar-refractivity contribution is 0.494. The van der Waals surface area contributed by atoms with E-state index in [2.05, 4.69) is 11.9 Å². The smallest absolute Gasteiger partial charge is 0.287 e. The van der Waals surface area contributed by atoms with Crippen LogP contribution in [0.2, 0.25) is 0 Å². The highest BCUT2D eigenvalue weighted by atomic mass is 32.2. The molecule has 0 aliphatic heterocycles. The largest absolute Gasteiger partial charge is 0.368 e. The van der Waals surface area contributed by atoms with Gasteiger partial charge in [0.25, 0.3) is 10.1 Å². The fourth-order valence-corrected chi connectivity index (χ4v) is 1.77. The van der Waals surface area contributed by atoms with Gasteiger partial charge in [-0.1, -0.05) is 36.1 Å². The second kappa shape index (κ2) is 6.99. The van der Waals surface area contributed by atoms with Crippen molar-refractivity contribution in [2.24, 2.45) is 0 Å². The van der Waals surface area contributed by atoms with E-state index < -0.39 is 10.1 Å². The first kappa shape index (κ1) is 13.6. The fraction of sp³-hybridized carbons (Fsp3) is 0.286. The van der Waals surface area contributed by atoms with Crippen molar-refractivity contribution in [2.75, 3.05) is 12.3 Å². The average molecular weight is 253 g/mol. The third-order valence-electron chi connectivity index (χ3n) is 0.970. The summed E-state index contributed by atoms with van der Waals surface area (Å²) >= 11 is 6.15. The lowest BCUT2D eigenvalue weighted by Gasteiger charge is -2.01. The van der Waals surface area contributed by atoms with Crippen LogP contribution in [0.5, 0.6) is 0 Å². The summed E-state index contributed by atoms with van der Waals surface area (Å²) in [7, 11) is -4.01. The molecule has 14 heavy (non-hydrogen) atoms. The van der Waals surface area contributed by atoms with Crippen molar-refractivity contribution in [3.8, 4) is 0 Å². The summed E-state index contributed by atoms with van der Waals surface area (Å²) in [5, 5.41) is 3.59. The zero-order valence-corrected chi connectivity index (χ0v) is 9.79. The second-order valence-electron chi connectivity index (χ2n) is 2.15. The van der Waals surface area contributed by atoms with Crippen molar-refractivity contribution in [1.82, 2.24) is 5.32 Å². The van der Waals surface area contributed by atoms with Crippen LogP contribution in [0.3, 0.4) is 0 Å². The molecular formula is C7H11NO3S3. The molecule has 0 radical (unpaired) electrons. The third-order valence-corrected chi connectivity index (χ3v) is 2.77. The Hall–Kier alpha value is -0.370. The number of hydrogen-bond donors (Lipinski definition) is 2. The van der Waals surface area contributed by atoms with Crippen LogP contribution >= 0.6 is 24.0 Å². The quantitative estimate of drug-likeness (QED) is 0.436.